The standard InChI is InChI=1S/C25H25F3N4O3/c1-12(14-4-3-5-15(20(14)26)23(27)28)30-24-17-10-18(25(34)7-8-29-19(33)11-25)22-16(6-9-35-22)21(17)31-13(2)32-24/h3-5,10,12,23,34H,6-9,11H2,1-2H3,(H,29,33)(H,30,31,32)/t12-,25?/m1/s1. The SMILES string of the molecule is Cc1nc(N[C@H](C)c2cccc(C(F)F)c2F)c2cc(C3(O)CCNC(=O)C3)c3c(c2n1)CCO3. The molecule has 184 valence electrons. The second-order valence-corrected chi connectivity index (χ2v) is 9.07. The number of rotatable bonds is 5. The van der Waals surface area contributed by atoms with E-state index in [-0.39, 0.29) is 17.9 Å². The Morgan fingerprint density at radius 1 is 1.26 bits per heavy atom. The van der Waals surface area contributed by atoms with E-state index in [4.69, 9.17) is 4.74 Å². The number of ether oxygens (including phenoxy) is 1. The minimum absolute atomic E-state index is 0.0829. The van der Waals surface area contributed by atoms with Gasteiger partial charge in [-0.05, 0) is 26.3 Å². The molecule has 2 aliphatic heterocycles. The molecular weight excluding hydrogens is 461 g/mol. The fourth-order valence-corrected chi connectivity index (χ4v) is 4.94. The third-order valence-corrected chi connectivity index (χ3v) is 6.68. The molecule has 0 saturated carbocycles. The van der Waals surface area contributed by atoms with E-state index in [1.54, 1.807) is 19.9 Å². The molecule has 3 N–H and O–H groups in total. The van der Waals surface area contributed by atoms with Gasteiger partial charge in [0.1, 0.15) is 28.8 Å². The van der Waals surface area contributed by atoms with E-state index >= 15 is 0 Å². The maximum absolute atomic E-state index is 14.8. The molecule has 3 heterocycles. The van der Waals surface area contributed by atoms with Crippen molar-refractivity contribution in [2.75, 3.05) is 18.5 Å². The molecule has 0 radical (unpaired) electrons. The maximum atomic E-state index is 14.8. The van der Waals surface area contributed by atoms with Crippen LogP contribution < -0.4 is 15.4 Å². The monoisotopic (exact) mass is 486 g/mol. The number of alkyl halides is 2. The lowest BCUT2D eigenvalue weighted by Crippen LogP contribution is -2.43. The lowest BCUT2D eigenvalue weighted by atomic mass is 9.82. The molecule has 2 aromatic carbocycles. The molecule has 1 amide bonds. The van der Waals surface area contributed by atoms with E-state index in [2.05, 4.69) is 20.6 Å². The van der Waals surface area contributed by atoms with Crippen LogP contribution in [-0.2, 0) is 16.8 Å². The topological polar surface area (TPSA) is 96.4 Å². The number of piperidine rings is 1. The van der Waals surface area contributed by atoms with Crippen LogP contribution in [0.4, 0.5) is 19.0 Å². The van der Waals surface area contributed by atoms with Crippen LogP contribution in [0.1, 0.15) is 60.3 Å². The Morgan fingerprint density at radius 3 is 2.77 bits per heavy atom. The number of aryl methyl sites for hydroxylation is 1. The van der Waals surface area contributed by atoms with Gasteiger partial charge in [-0.2, -0.15) is 0 Å². The molecule has 10 heteroatoms. The zero-order chi connectivity index (χ0) is 24.9. The molecular formula is C25H25F3N4O3. The van der Waals surface area contributed by atoms with Gasteiger partial charge in [-0.15, -0.1) is 0 Å². The Labute approximate surface area is 199 Å². The Bertz CT molecular complexity index is 1330. The van der Waals surface area contributed by atoms with Crippen molar-refractivity contribution in [3.05, 3.63) is 58.2 Å². The molecule has 5 rings (SSSR count). The molecule has 1 fully saturated rings. The molecule has 1 unspecified atom stereocenters. The van der Waals surface area contributed by atoms with E-state index in [1.165, 1.54) is 12.1 Å². The number of benzene rings is 2. The molecule has 1 saturated heterocycles. The largest absolute Gasteiger partial charge is 0.492 e. The van der Waals surface area contributed by atoms with Crippen molar-refractivity contribution >= 4 is 22.6 Å². The van der Waals surface area contributed by atoms with Gasteiger partial charge in [-0.3, -0.25) is 4.79 Å². The zero-order valence-corrected chi connectivity index (χ0v) is 19.3. The lowest BCUT2D eigenvalue weighted by Gasteiger charge is -2.33. The van der Waals surface area contributed by atoms with Gasteiger partial charge in [0.2, 0.25) is 5.91 Å². The highest BCUT2D eigenvalue weighted by molar-refractivity contribution is 5.95. The van der Waals surface area contributed by atoms with Gasteiger partial charge in [0.25, 0.3) is 6.43 Å². The summed E-state index contributed by atoms with van der Waals surface area (Å²) in [6, 6.07) is 4.95. The number of carbonyl (C=O) groups is 1. The van der Waals surface area contributed by atoms with Gasteiger partial charge < -0.3 is 20.5 Å². The molecule has 35 heavy (non-hydrogen) atoms. The van der Waals surface area contributed by atoms with Crippen molar-refractivity contribution in [1.29, 1.82) is 0 Å². The average Bonchev–Trinajstić information content (AvgIpc) is 3.28. The molecule has 0 spiro atoms. The Balaban J connectivity index is 1.63. The van der Waals surface area contributed by atoms with E-state index in [0.29, 0.717) is 59.9 Å². The van der Waals surface area contributed by atoms with Crippen molar-refractivity contribution in [1.82, 2.24) is 15.3 Å². The van der Waals surface area contributed by atoms with Crippen LogP contribution in [0.3, 0.4) is 0 Å². The van der Waals surface area contributed by atoms with Crippen LogP contribution >= 0.6 is 0 Å². The van der Waals surface area contributed by atoms with Gasteiger partial charge in [-0.25, -0.2) is 23.1 Å². The van der Waals surface area contributed by atoms with Crippen LogP contribution in [0.5, 0.6) is 5.75 Å². The number of carbonyl (C=O) groups excluding carboxylic acids is 1. The van der Waals surface area contributed by atoms with Crippen LogP contribution in [0.15, 0.2) is 24.3 Å². The predicted molar refractivity (Wildman–Crippen MR) is 123 cm³/mol. The molecule has 3 aromatic rings. The summed E-state index contributed by atoms with van der Waals surface area (Å²) in [5, 5.41) is 17.9. The number of hydrogen-bond donors (Lipinski definition) is 3. The first-order chi connectivity index (χ1) is 16.7. The first-order valence-corrected chi connectivity index (χ1v) is 11.5. The summed E-state index contributed by atoms with van der Waals surface area (Å²) >= 11 is 0. The van der Waals surface area contributed by atoms with Gasteiger partial charge in [0, 0.05) is 35.0 Å². The zero-order valence-electron chi connectivity index (χ0n) is 19.3. The van der Waals surface area contributed by atoms with Gasteiger partial charge >= 0.3 is 0 Å². The predicted octanol–water partition coefficient (Wildman–Crippen LogP) is 4.22. The van der Waals surface area contributed by atoms with E-state index in [1.807, 2.05) is 0 Å². The highest BCUT2D eigenvalue weighted by atomic mass is 19.3. The third-order valence-electron chi connectivity index (χ3n) is 6.68. The van der Waals surface area contributed by atoms with Crippen LogP contribution in [0.2, 0.25) is 0 Å². The summed E-state index contributed by atoms with van der Waals surface area (Å²) < 4.78 is 47.1. The highest BCUT2D eigenvalue weighted by Gasteiger charge is 2.40. The van der Waals surface area contributed by atoms with E-state index < -0.39 is 29.4 Å². The number of nitrogens with one attached hydrogen (secondary N) is 2. The number of anilines is 1. The average molecular weight is 486 g/mol. The minimum Gasteiger partial charge on any atom is -0.492 e. The second kappa shape index (κ2) is 8.67. The van der Waals surface area contributed by atoms with Gasteiger partial charge in [-0.1, -0.05) is 18.2 Å². The summed E-state index contributed by atoms with van der Waals surface area (Å²) in [6.45, 7) is 4.13. The number of nitrogens with zero attached hydrogens (tertiary/aromatic N) is 2. The molecule has 2 atom stereocenters. The van der Waals surface area contributed by atoms with Crippen molar-refractivity contribution in [2.45, 2.75) is 51.2 Å². The van der Waals surface area contributed by atoms with E-state index in [9.17, 15) is 23.1 Å². The molecule has 0 aliphatic carbocycles. The quantitative estimate of drug-likeness (QED) is 0.500. The Hall–Kier alpha value is -3.40. The van der Waals surface area contributed by atoms with Gasteiger partial charge in [0.15, 0.2) is 0 Å². The van der Waals surface area contributed by atoms with E-state index in [0.717, 1.165) is 11.6 Å². The first kappa shape index (κ1) is 23.3. The lowest BCUT2D eigenvalue weighted by molar-refractivity contribution is -0.130. The highest BCUT2D eigenvalue weighted by Crippen LogP contribution is 2.45. The minimum atomic E-state index is -2.93. The maximum Gasteiger partial charge on any atom is 0.266 e. The second-order valence-electron chi connectivity index (χ2n) is 9.07. The fraction of sp³-hybridized carbons (Fsp3) is 0.400. The summed E-state index contributed by atoms with van der Waals surface area (Å²) in [7, 11) is 0. The number of fused-ring (bicyclic) bond motifs is 3. The van der Waals surface area contributed by atoms with Crippen LogP contribution in [0.25, 0.3) is 10.9 Å². The van der Waals surface area contributed by atoms with Gasteiger partial charge in [0.05, 0.1) is 30.1 Å². The smallest absolute Gasteiger partial charge is 0.266 e. The van der Waals surface area contributed by atoms with Crippen molar-refractivity contribution in [2.24, 2.45) is 0 Å². The number of aliphatic hydroxyl groups is 1. The summed E-state index contributed by atoms with van der Waals surface area (Å²) in [5.41, 5.74) is -0.0647. The number of hydrogen-bond acceptors (Lipinski definition) is 6. The van der Waals surface area contributed by atoms with Crippen molar-refractivity contribution < 1.29 is 27.8 Å². The summed E-state index contributed by atoms with van der Waals surface area (Å²) in [6.07, 6.45) is -2.15. The first-order valence-electron chi connectivity index (χ1n) is 11.5. The number of halogens is 3. The van der Waals surface area contributed by atoms with Crippen molar-refractivity contribution in [3.63, 3.8) is 0 Å². The number of amides is 1. The third kappa shape index (κ3) is 4.05. The summed E-state index contributed by atoms with van der Waals surface area (Å²) in [4.78, 5) is 21.2. The fourth-order valence-electron chi connectivity index (χ4n) is 4.94. The summed E-state index contributed by atoms with van der Waals surface area (Å²) in [5.74, 6) is 0.151. The van der Waals surface area contributed by atoms with Crippen LogP contribution in [0, 0.1) is 12.7 Å². The molecule has 0 bridgehead atoms. The molecule has 2 aliphatic rings. The number of aromatic nitrogens is 2. The van der Waals surface area contributed by atoms with Crippen LogP contribution in [-0.4, -0.2) is 34.1 Å². The Morgan fingerprint density at radius 2 is 2.03 bits per heavy atom. The normalized spacial score (nSPS) is 20.5. The van der Waals surface area contributed by atoms with Crippen molar-refractivity contribution in [3.8, 4) is 5.75 Å². The Kier molecular flexibility index (Phi) is 5.79. The molecule has 1 aromatic heterocycles. The molecule has 7 nitrogen and oxygen atoms in total.